The smallest absolute Gasteiger partial charge is 0.321 e. The Morgan fingerprint density at radius 3 is 2.62 bits per heavy atom. The molecule has 1 atom stereocenters. The molecule has 86 valence electrons. The third-order valence-corrected chi connectivity index (χ3v) is 3.42. The molecular formula is C10H14N4O2. The van der Waals surface area contributed by atoms with Crippen molar-refractivity contribution in [1.29, 1.82) is 5.26 Å². The minimum Gasteiger partial charge on any atom is -0.330 e. The van der Waals surface area contributed by atoms with Crippen LogP contribution in [0, 0.1) is 17.2 Å². The molecule has 2 heterocycles. The number of nitriles is 1. The molecule has 0 aliphatic carbocycles. The van der Waals surface area contributed by atoms with E-state index in [2.05, 4.69) is 15.5 Å². The Labute approximate surface area is 93.6 Å². The maximum atomic E-state index is 11.6. The molecule has 2 fully saturated rings. The fourth-order valence-corrected chi connectivity index (χ4v) is 2.38. The number of carbonyl (C=O) groups excluding carboxylic acids is 2. The van der Waals surface area contributed by atoms with Crippen LogP contribution in [0.15, 0.2) is 0 Å². The Bertz CT molecular complexity index is 366. The van der Waals surface area contributed by atoms with Crippen LogP contribution in [0.5, 0.6) is 0 Å². The van der Waals surface area contributed by atoms with E-state index < -0.39 is 23.4 Å². The van der Waals surface area contributed by atoms with Gasteiger partial charge in [0, 0.05) is 13.1 Å². The predicted octanol–water partition coefficient (Wildman–Crippen LogP) is -0.570. The number of amides is 3. The molecule has 0 bridgehead atoms. The lowest BCUT2D eigenvalue weighted by Crippen LogP contribution is -2.68. The molecule has 6 heteroatoms. The summed E-state index contributed by atoms with van der Waals surface area (Å²) in [5.74, 6) is -1.25. The summed E-state index contributed by atoms with van der Waals surface area (Å²) in [6.07, 6.45) is 1.28. The van der Waals surface area contributed by atoms with E-state index in [4.69, 9.17) is 5.26 Å². The Kier molecular flexibility index (Phi) is 2.56. The average Bonchev–Trinajstić information content (AvgIpc) is 2.22. The molecule has 2 aliphatic rings. The lowest BCUT2D eigenvalue weighted by Gasteiger charge is -2.45. The van der Waals surface area contributed by atoms with E-state index in [0.29, 0.717) is 12.8 Å². The van der Waals surface area contributed by atoms with Gasteiger partial charge in [0.2, 0.25) is 5.91 Å². The summed E-state index contributed by atoms with van der Waals surface area (Å²) in [5, 5.41) is 14.0. The first-order valence-electron chi connectivity index (χ1n) is 5.28. The normalized spacial score (nSPS) is 29.4. The maximum Gasteiger partial charge on any atom is 0.321 e. The number of hydrogen-bond donors (Lipinski definition) is 2. The van der Waals surface area contributed by atoms with Gasteiger partial charge in [-0.1, -0.05) is 0 Å². The second kappa shape index (κ2) is 3.76. The van der Waals surface area contributed by atoms with Gasteiger partial charge in [-0.3, -0.25) is 10.1 Å². The third kappa shape index (κ3) is 1.63. The summed E-state index contributed by atoms with van der Waals surface area (Å²) in [5.41, 5.74) is -0.666. The number of rotatable bonds is 0. The molecule has 0 aromatic rings. The van der Waals surface area contributed by atoms with Crippen molar-refractivity contribution >= 4 is 11.9 Å². The lowest BCUT2D eigenvalue weighted by molar-refractivity contribution is -0.126. The van der Waals surface area contributed by atoms with Crippen LogP contribution in [0.25, 0.3) is 0 Å². The van der Waals surface area contributed by atoms with Gasteiger partial charge in [0.1, 0.15) is 5.92 Å². The number of piperidine rings is 1. The quantitative estimate of drug-likeness (QED) is 0.574. The van der Waals surface area contributed by atoms with Crippen LogP contribution in [-0.4, -0.2) is 42.5 Å². The van der Waals surface area contributed by atoms with Crippen LogP contribution in [0.4, 0.5) is 4.79 Å². The fraction of sp³-hybridized carbons (Fsp3) is 0.700. The highest BCUT2D eigenvalue weighted by atomic mass is 16.2. The van der Waals surface area contributed by atoms with Crippen LogP contribution in [0.2, 0.25) is 0 Å². The Morgan fingerprint density at radius 2 is 2.06 bits per heavy atom. The first-order chi connectivity index (χ1) is 7.57. The first-order valence-corrected chi connectivity index (χ1v) is 5.28. The van der Waals surface area contributed by atoms with E-state index in [1.807, 2.05) is 13.1 Å². The van der Waals surface area contributed by atoms with E-state index in [1.165, 1.54) is 0 Å². The second-order valence-electron chi connectivity index (χ2n) is 4.46. The van der Waals surface area contributed by atoms with Gasteiger partial charge in [-0.05, 0) is 19.9 Å². The highest BCUT2D eigenvalue weighted by molar-refractivity contribution is 6.00. The monoisotopic (exact) mass is 222 g/mol. The summed E-state index contributed by atoms with van der Waals surface area (Å²) in [6.45, 7) is 1.57. The number of nitrogens with zero attached hydrogens (tertiary/aromatic N) is 2. The van der Waals surface area contributed by atoms with Crippen LogP contribution in [0.1, 0.15) is 12.8 Å². The van der Waals surface area contributed by atoms with Crippen molar-refractivity contribution in [3.8, 4) is 6.07 Å². The van der Waals surface area contributed by atoms with Crippen molar-refractivity contribution in [2.75, 3.05) is 20.1 Å². The molecule has 2 aliphatic heterocycles. The van der Waals surface area contributed by atoms with Crippen molar-refractivity contribution in [3.05, 3.63) is 0 Å². The van der Waals surface area contributed by atoms with Gasteiger partial charge in [0.05, 0.1) is 11.6 Å². The van der Waals surface area contributed by atoms with E-state index in [-0.39, 0.29) is 0 Å². The van der Waals surface area contributed by atoms with E-state index in [9.17, 15) is 9.59 Å². The maximum absolute atomic E-state index is 11.6. The first kappa shape index (κ1) is 10.9. The highest BCUT2D eigenvalue weighted by Gasteiger charge is 2.49. The second-order valence-corrected chi connectivity index (χ2v) is 4.46. The molecule has 0 aromatic carbocycles. The molecule has 2 rings (SSSR count). The SMILES string of the molecule is CN1CCC2(CC1)NC(=O)NC(=O)C2C#N. The number of hydrogen-bond acceptors (Lipinski definition) is 4. The van der Waals surface area contributed by atoms with E-state index >= 15 is 0 Å². The molecule has 1 unspecified atom stereocenters. The third-order valence-electron chi connectivity index (χ3n) is 3.42. The molecule has 16 heavy (non-hydrogen) atoms. The number of likely N-dealkylation sites (tertiary alicyclic amines) is 1. The van der Waals surface area contributed by atoms with Gasteiger partial charge in [0.15, 0.2) is 0 Å². The summed E-state index contributed by atoms with van der Waals surface area (Å²) in [6, 6.07) is 1.52. The van der Waals surface area contributed by atoms with Gasteiger partial charge in [0.25, 0.3) is 0 Å². The molecule has 2 saturated heterocycles. The van der Waals surface area contributed by atoms with Crippen LogP contribution in [-0.2, 0) is 4.79 Å². The highest BCUT2D eigenvalue weighted by Crippen LogP contribution is 2.31. The summed E-state index contributed by atoms with van der Waals surface area (Å²) >= 11 is 0. The van der Waals surface area contributed by atoms with Crippen molar-refractivity contribution in [2.45, 2.75) is 18.4 Å². The number of urea groups is 1. The lowest BCUT2D eigenvalue weighted by atomic mass is 9.75. The topological polar surface area (TPSA) is 85.2 Å². The Balaban J connectivity index is 2.25. The van der Waals surface area contributed by atoms with Crippen LogP contribution >= 0.6 is 0 Å². The standard InChI is InChI=1S/C10H14N4O2/c1-14-4-2-10(3-5-14)7(6-11)8(15)12-9(16)13-10/h7H,2-5H2,1H3,(H2,12,13,15,16). The molecule has 6 nitrogen and oxygen atoms in total. The van der Waals surface area contributed by atoms with Gasteiger partial charge >= 0.3 is 6.03 Å². The van der Waals surface area contributed by atoms with Gasteiger partial charge in [-0.25, -0.2) is 4.79 Å². The summed E-state index contributed by atoms with van der Waals surface area (Å²) in [7, 11) is 1.99. The fourth-order valence-electron chi connectivity index (χ4n) is 2.38. The molecule has 1 spiro atoms. The van der Waals surface area contributed by atoms with Crippen LogP contribution < -0.4 is 10.6 Å². The largest absolute Gasteiger partial charge is 0.330 e. The van der Waals surface area contributed by atoms with Crippen molar-refractivity contribution in [2.24, 2.45) is 5.92 Å². The molecular weight excluding hydrogens is 208 g/mol. The van der Waals surface area contributed by atoms with Crippen LogP contribution in [0.3, 0.4) is 0 Å². The zero-order valence-corrected chi connectivity index (χ0v) is 9.12. The Morgan fingerprint density at radius 1 is 1.44 bits per heavy atom. The molecule has 0 saturated carbocycles. The molecule has 0 aromatic heterocycles. The van der Waals surface area contributed by atoms with Crippen molar-refractivity contribution in [1.82, 2.24) is 15.5 Å². The average molecular weight is 222 g/mol. The number of imide groups is 1. The summed E-state index contributed by atoms with van der Waals surface area (Å²) < 4.78 is 0. The van der Waals surface area contributed by atoms with Gasteiger partial charge in [-0.2, -0.15) is 5.26 Å². The van der Waals surface area contributed by atoms with E-state index in [1.54, 1.807) is 0 Å². The predicted molar refractivity (Wildman–Crippen MR) is 55.2 cm³/mol. The zero-order valence-electron chi connectivity index (χ0n) is 9.12. The van der Waals surface area contributed by atoms with Gasteiger partial charge in [-0.15, -0.1) is 0 Å². The molecule has 2 N–H and O–H groups in total. The van der Waals surface area contributed by atoms with Crippen molar-refractivity contribution < 1.29 is 9.59 Å². The number of nitrogens with one attached hydrogen (secondary N) is 2. The van der Waals surface area contributed by atoms with Crippen molar-refractivity contribution in [3.63, 3.8) is 0 Å². The zero-order chi connectivity index (χ0) is 11.8. The molecule has 0 radical (unpaired) electrons. The number of carbonyl (C=O) groups is 2. The van der Waals surface area contributed by atoms with Gasteiger partial charge < -0.3 is 10.2 Å². The Hall–Kier alpha value is -1.61. The minimum absolute atomic E-state index is 0.476. The summed E-state index contributed by atoms with van der Waals surface area (Å²) in [4.78, 5) is 25.0. The molecule has 3 amide bonds. The minimum atomic E-state index is -0.779. The van der Waals surface area contributed by atoms with E-state index in [0.717, 1.165) is 13.1 Å².